The Bertz CT molecular complexity index is 1200. The molecule has 0 radical (unpaired) electrons. The van der Waals surface area contributed by atoms with Gasteiger partial charge in [-0.3, -0.25) is 9.36 Å². The van der Waals surface area contributed by atoms with Crippen molar-refractivity contribution in [3.63, 3.8) is 0 Å². The normalized spacial score (nSPS) is 11.0. The number of hydrogen-bond donors (Lipinski definition) is 0. The molecule has 0 atom stereocenters. The van der Waals surface area contributed by atoms with Crippen molar-refractivity contribution in [2.45, 2.75) is 6.54 Å². The lowest BCUT2D eigenvalue weighted by Gasteiger charge is -2.12. The fourth-order valence-electron chi connectivity index (χ4n) is 3.08. The Morgan fingerprint density at radius 2 is 1.79 bits per heavy atom. The van der Waals surface area contributed by atoms with E-state index in [9.17, 15) is 9.18 Å². The number of anilines is 1. The van der Waals surface area contributed by atoms with E-state index in [1.54, 1.807) is 30.5 Å². The van der Waals surface area contributed by atoms with Crippen molar-refractivity contribution in [1.82, 2.24) is 14.5 Å². The van der Waals surface area contributed by atoms with Crippen LogP contribution >= 0.6 is 0 Å². The zero-order valence-corrected chi connectivity index (χ0v) is 15.6. The average Bonchev–Trinajstić information content (AvgIpc) is 2.71. The third-order valence-corrected chi connectivity index (χ3v) is 4.66. The molecule has 0 fully saturated rings. The van der Waals surface area contributed by atoms with Crippen molar-refractivity contribution in [3.05, 3.63) is 88.9 Å². The molecule has 2 heterocycles. The quantitative estimate of drug-likeness (QED) is 0.546. The Morgan fingerprint density at radius 1 is 1.00 bits per heavy atom. The van der Waals surface area contributed by atoms with Gasteiger partial charge in [-0.15, -0.1) is 0 Å². The lowest BCUT2D eigenvalue weighted by Crippen LogP contribution is -2.21. The molecule has 0 spiro atoms. The Balaban J connectivity index is 1.63. The molecule has 0 N–H and O–H groups in total. The smallest absolute Gasteiger partial charge is 0.261 e. The second kappa shape index (κ2) is 7.23. The monoisotopic (exact) mass is 374 g/mol. The van der Waals surface area contributed by atoms with Crippen molar-refractivity contribution in [3.8, 4) is 11.1 Å². The molecule has 6 heteroatoms. The van der Waals surface area contributed by atoms with Crippen molar-refractivity contribution < 1.29 is 4.39 Å². The van der Waals surface area contributed by atoms with Gasteiger partial charge in [-0.25, -0.2) is 14.4 Å². The molecular weight excluding hydrogens is 355 g/mol. The topological polar surface area (TPSA) is 51.0 Å². The van der Waals surface area contributed by atoms with Gasteiger partial charge in [0.2, 0.25) is 0 Å². The molecule has 0 amide bonds. The number of aromatic nitrogens is 3. The number of rotatable bonds is 4. The van der Waals surface area contributed by atoms with E-state index in [0.717, 1.165) is 16.9 Å². The minimum Gasteiger partial charge on any atom is -0.363 e. The van der Waals surface area contributed by atoms with Gasteiger partial charge in [-0.2, -0.15) is 0 Å². The van der Waals surface area contributed by atoms with Crippen molar-refractivity contribution in [2.75, 3.05) is 19.0 Å². The van der Waals surface area contributed by atoms with E-state index in [4.69, 9.17) is 0 Å². The molecule has 4 rings (SSSR count). The highest BCUT2D eigenvalue weighted by Gasteiger charge is 2.09. The molecular formula is C22H19FN4O. The van der Waals surface area contributed by atoms with Gasteiger partial charge in [0.1, 0.15) is 11.6 Å². The van der Waals surface area contributed by atoms with E-state index in [-0.39, 0.29) is 17.9 Å². The maximum atomic E-state index is 14.7. The lowest BCUT2D eigenvalue weighted by atomic mass is 10.0. The van der Waals surface area contributed by atoms with Crippen molar-refractivity contribution >= 4 is 16.7 Å². The van der Waals surface area contributed by atoms with E-state index in [0.29, 0.717) is 16.5 Å². The van der Waals surface area contributed by atoms with Crippen molar-refractivity contribution in [2.24, 2.45) is 0 Å². The molecule has 28 heavy (non-hydrogen) atoms. The molecule has 140 valence electrons. The summed E-state index contributed by atoms with van der Waals surface area (Å²) in [5, 5.41) is 0.522. The van der Waals surface area contributed by atoms with Crippen LogP contribution in [-0.4, -0.2) is 28.6 Å². The van der Waals surface area contributed by atoms with Gasteiger partial charge in [0.05, 0.1) is 23.8 Å². The molecule has 0 saturated heterocycles. The van der Waals surface area contributed by atoms with Crippen LogP contribution in [0.4, 0.5) is 10.2 Å². The molecule has 0 aliphatic heterocycles. The maximum absolute atomic E-state index is 14.7. The highest BCUT2D eigenvalue weighted by Crippen LogP contribution is 2.23. The largest absolute Gasteiger partial charge is 0.363 e. The van der Waals surface area contributed by atoms with Gasteiger partial charge in [-0.05, 0) is 35.9 Å². The molecule has 0 aliphatic carbocycles. The predicted molar refractivity (Wildman–Crippen MR) is 109 cm³/mol. The Labute approximate surface area is 161 Å². The highest BCUT2D eigenvalue weighted by molar-refractivity contribution is 5.76. The fourth-order valence-corrected chi connectivity index (χ4v) is 3.08. The molecule has 5 nitrogen and oxygen atoms in total. The first-order valence-electron chi connectivity index (χ1n) is 8.89. The van der Waals surface area contributed by atoms with Crippen LogP contribution in [-0.2, 0) is 6.54 Å². The van der Waals surface area contributed by atoms with Crippen LogP contribution in [0, 0.1) is 5.82 Å². The van der Waals surface area contributed by atoms with Crippen LogP contribution in [0.5, 0.6) is 0 Å². The Morgan fingerprint density at radius 3 is 2.50 bits per heavy atom. The highest BCUT2D eigenvalue weighted by atomic mass is 19.1. The van der Waals surface area contributed by atoms with Gasteiger partial charge in [0.25, 0.3) is 5.56 Å². The van der Waals surface area contributed by atoms with Crippen LogP contribution in [0.3, 0.4) is 0 Å². The van der Waals surface area contributed by atoms with Gasteiger partial charge in [0, 0.05) is 31.4 Å². The predicted octanol–water partition coefficient (Wildman–Crippen LogP) is 3.71. The van der Waals surface area contributed by atoms with Crippen LogP contribution in [0.1, 0.15) is 5.56 Å². The third kappa shape index (κ3) is 3.36. The summed E-state index contributed by atoms with van der Waals surface area (Å²) in [7, 11) is 3.83. The summed E-state index contributed by atoms with van der Waals surface area (Å²) in [6.07, 6.45) is 3.18. The number of nitrogens with zero attached hydrogens (tertiary/aromatic N) is 4. The standard InChI is InChI=1S/C22H19FN4O/c1-26(2)21-10-9-16(12-24-21)15-7-8-17(19(23)11-15)13-27-14-25-20-6-4-3-5-18(20)22(27)28/h3-12,14H,13H2,1-2H3. The first-order chi connectivity index (χ1) is 13.5. The SMILES string of the molecule is CN(C)c1ccc(-c2ccc(Cn3cnc4ccccc4c3=O)c(F)c2)cn1. The van der Waals surface area contributed by atoms with E-state index in [1.807, 2.05) is 43.3 Å². The van der Waals surface area contributed by atoms with Gasteiger partial charge >= 0.3 is 0 Å². The van der Waals surface area contributed by atoms with Gasteiger partial charge < -0.3 is 4.90 Å². The maximum Gasteiger partial charge on any atom is 0.261 e. The van der Waals surface area contributed by atoms with Crippen LogP contribution < -0.4 is 10.5 Å². The lowest BCUT2D eigenvalue weighted by molar-refractivity contribution is 0.596. The average molecular weight is 374 g/mol. The minimum absolute atomic E-state index is 0.126. The summed E-state index contributed by atoms with van der Waals surface area (Å²) < 4.78 is 16.1. The van der Waals surface area contributed by atoms with E-state index in [2.05, 4.69) is 9.97 Å². The minimum atomic E-state index is -0.366. The van der Waals surface area contributed by atoms with E-state index >= 15 is 0 Å². The first kappa shape index (κ1) is 17.9. The number of para-hydroxylation sites is 1. The summed E-state index contributed by atoms with van der Waals surface area (Å²) in [6.45, 7) is 0.126. The van der Waals surface area contributed by atoms with Crippen LogP contribution in [0.25, 0.3) is 22.0 Å². The zero-order chi connectivity index (χ0) is 19.7. The molecule has 2 aromatic carbocycles. The summed E-state index contributed by atoms with van der Waals surface area (Å²) in [5.41, 5.74) is 2.45. The van der Waals surface area contributed by atoms with E-state index < -0.39 is 0 Å². The number of halogens is 1. The molecule has 2 aromatic heterocycles. The summed E-state index contributed by atoms with van der Waals surface area (Å²) >= 11 is 0. The Hall–Kier alpha value is -3.54. The van der Waals surface area contributed by atoms with E-state index in [1.165, 1.54) is 17.0 Å². The molecule has 0 unspecified atom stereocenters. The first-order valence-corrected chi connectivity index (χ1v) is 8.89. The summed E-state index contributed by atoms with van der Waals surface area (Å²) in [4.78, 5) is 23.2. The fraction of sp³-hybridized carbons (Fsp3) is 0.136. The van der Waals surface area contributed by atoms with Crippen LogP contribution in [0.2, 0.25) is 0 Å². The summed E-state index contributed by atoms with van der Waals surface area (Å²) in [5.74, 6) is 0.471. The second-order valence-electron chi connectivity index (χ2n) is 6.80. The number of hydrogen-bond acceptors (Lipinski definition) is 4. The van der Waals surface area contributed by atoms with Crippen molar-refractivity contribution in [1.29, 1.82) is 0 Å². The van der Waals surface area contributed by atoms with Gasteiger partial charge in [0.15, 0.2) is 0 Å². The molecule has 0 aliphatic rings. The number of pyridine rings is 1. The molecule has 0 saturated carbocycles. The molecule has 4 aromatic rings. The Kier molecular flexibility index (Phi) is 4.61. The second-order valence-corrected chi connectivity index (χ2v) is 6.80. The number of fused-ring (bicyclic) bond motifs is 1. The third-order valence-electron chi connectivity index (χ3n) is 4.66. The molecule has 0 bridgehead atoms. The van der Waals surface area contributed by atoms with Gasteiger partial charge in [-0.1, -0.05) is 24.3 Å². The van der Waals surface area contributed by atoms with Crippen LogP contribution in [0.15, 0.2) is 71.9 Å². The zero-order valence-electron chi connectivity index (χ0n) is 15.6. The number of benzene rings is 2. The summed E-state index contributed by atoms with van der Waals surface area (Å²) in [6, 6.07) is 15.9.